The van der Waals surface area contributed by atoms with Gasteiger partial charge in [-0.25, -0.2) is 8.42 Å². The maximum absolute atomic E-state index is 12.0. The lowest BCUT2D eigenvalue weighted by Gasteiger charge is -2.11. The van der Waals surface area contributed by atoms with Gasteiger partial charge >= 0.3 is 6.61 Å². The van der Waals surface area contributed by atoms with Crippen LogP contribution in [0.4, 0.5) is 8.78 Å². The molecular weight excluding hydrogens is 276 g/mol. The molecule has 19 heavy (non-hydrogen) atoms. The number of rotatable bonds is 5. The average Bonchev–Trinajstić information content (AvgIpc) is 2.67. The number of ether oxygens (including phenoxy) is 1. The highest BCUT2D eigenvalue weighted by molar-refractivity contribution is 7.91. The maximum Gasteiger partial charge on any atom is 0.387 e. The van der Waals surface area contributed by atoms with Gasteiger partial charge in [0.1, 0.15) is 5.75 Å². The molecule has 1 atom stereocenters. The number of alkyl halides is 2. The summed E-state index contributed by atoms with van der Waals surface area (Å²) in [6, 6.07) is 6.26. The standard InChI is InChI=1S/C12H15F2NO3S/c13-12(14)18-11-3-1-9(2-4-11)7-15-10-5-6-19(16,17)8-10/h1-4,10,12,15H,5-8H2. The van der Waals surface area contributed by atoms with E-state index in [0.29, 0.717) is 13.0 Å². The first-order chi connectivity index (χ1) is 8.94. The van der Waals surface area contributed by atoms with Crippen LogP contribution in [0.3, 0.4) is 0 Å². The molecule has 0 aliphatic carbocycles. The minimum Gasteiger partial charge on any atom is -0.435 e. The molecule has 4 nitrogen and oxygen atoms in total. The first-order valence-electron chi connectivity index (χ1n) is 5.92. The minimum atomic E-state index is -2.89. The normalized spacial score (nSPS) is 21.7. The Bertz CT molecular complexity index is 516. The minimum absolute atomic E-state index is 0.0259. The monoisotopic (exact) mass is 291 g/mol. The summed E-state index contributed by atoms with van der Waals surface area (Å²) in [6.07, 6.45) is 0.620. The van der Waals surface area contributed by atoms with Crippen LogP contribution in [-0.4, -0.2) is 32.6 Å². The number of halogens is 2. The second kappa shape index (κ2) is 5.83. The lowest BCUT2D eigenvalue weighted by molar-refractivity contribution is -0.0498. The Balaban J connectivity index is 1.83. The molecule has 1 saturated heterocycles. The molecule has 1 heterocycles. The van der Waals surface area contributed by atoms with E-state index < -0.39 is 16.4 Å². The van der Waals surface area contributed by atoms with Gasteiger partial charge in [0, 0.05) is 12.6 Å². The van der Waals surface area contributed by atoms with Gasteiger partial charge in [0.25, 0.3) is 0 Å². The largest absolute Gasteiger partial charge is 0.435 e. The molecular formula is C12H15F2NO3S. The van der Waals surface area contributed by atoms with Gasteiger partial charge in [-0.05, 0) is 24.1 Å². The summed E-state index contributed by atoms with van der Waals surface area (Å²) < 4.78 is 50.7. The molecule has 1 N–H and O–H groups in total. The summed E-state index contributed by atoms with van der Waals surface area (Å²) in [5.41, 5.74) is 0.894. The summed E-state index contributed by atoms with van der Waals surface area (Å²) in [6.45, 7) is -2.32. The molecule has 0 amide bonds. The highest BCUT2D eigenvalue weighted by atomic mass is 32.2. The van der Waals surface area contributed by atoms with E-state index in [1.165, 1.54) is 12.1 Å². The third-order valence-corrected chi connectivity index (χ3v) is 4.74. The first kappa shape index (κ1) is 14.2. The summed E-state index contributed by atoms with van der Waals surface area (Å²) in [7, 11) is -2.89. The Kier molecular flexibility index (Phi) is 4.36. The van der Waals surface area contributed by atoms with E-state index in [9.17, 15) is 17.2 Å². The zero-order valence-electron chi connectivity index (χ0n) is 10.2. The lowest BCUT2D eigenvalue weighted by atomic mass is 10.2. The van der Waals surface area contributed by atoms with Crippen LogP contribution in [-0.2, 0) is 16.4 Å². The summed E-state index contributed by atoms with van der Waals surface area (Å²) >= 11 is 0. The predicted octanol–water partition coefficient (Wildman–Crippen LogP) is 1.56. The van der Waals surface area contributed by atoms with Crippen molar-refractivity contribution in [3.8, 4) is 5.75 Å². The SMILES string of the molecule is O=S1(=O)CCC(NCc2ccc(OC(F)F)cc2)C1. The van der Waals surface area contributed by atoms with Crippen molar-refractivity contribution in [1.29, 1.82) is 0 Å². The highest BCUT2D eigenvalue weighted by Gasteiger charge is 2.27. The van der Waals surface area contributed by atoms with Crippen molar-refractivity contribution in [2.45, 2.75) is 25.6 Å². The molecule has 0 saturated carbocycles. The molecule has 1 unspecified atom stereocenters. The van der Waals surface area contributed by atoms with Crippen LogP contribution in [0.5, 0.6) is 5.75 Å². The van der Waals surface area contributed by atoms with Crippen LogP contribution in [0.25, 0.3) is 0 Å². The Hall–Kier alpha value is -1.21. The zero-order valence-corrected chi connectivity index (χ0v) is 11.0. The average molecular weight is 291 g/mol. The predicted molar refractivity (Wildman–Crippen MR) is 67.0 cm³/mol. The zero-order chi connectivity index (χ0) is 13.9. The smallest absolute Gasteiger partial charge is 0.387 e. The van der Waals surface area contributed by atoms with Gasteiger partial charge in [-0.15, -0.1) is 0 Å². The Morgan fingerprint density at radius 3 is 2.53 bits per heavy atom. The van der Waals surface area contributed by atoms with E-state index in [1.54, 1.807) is 12.1 Å². The Morgan fingerprint density at radius 2 is 2.00 bits per heavy atom. The maximum atomic E-state index is 12.0. The second-order valence-electron chi connectivity index (χ2n) is 4.50. The summed E-state index contributed by atoms with van der Waals surface area (Å²) in [4.78, 5) is 0. The van der Waals surface area contributed by atoms with Crippen molar-refractivity contribution < 1.29 is 21.9 Å². The van der Waals surface area contributed by atoms with Crippen LogP contribution < -0.4 is 10.1 Å². The van der Waals surface area contributed by atoms with E-state index in [-0.39, 0.29) is 23.3 Å². The molecule has 0 bridgehead atoms. The van der Waals surface area contributed by atoms with E-state index >= 15 is 0 Å². The second-order valence-corrected chi connectivity index (χ2v) is 6.73. The van der Waals surface area contributed by atoms with Crippen LogP contribution in [0.1, 0.15) is 12.0 Å². The highest BCUT2D eigenvalue weighted by Crippen LogP contribution is 2.16. The molecule has 1 aromatic carbocycles. The molecule has 1 aliphatic rings. The van der Waals surface area contributed by atoms with Gasteiger partial charge in [0.15, 0.2) is 9.84 Å². The molecule has 0 aromatic heterocycles. The van der Waals surface area contributed by atoms with Gasteiger partial charge in [-0.2, -0.15) is 8.78 Å². The fourth-order valence-electron chi connectivity index (χ4n) is 2.01. The van der Waals surface area contributed by atoms with Crippen molar-refractivity contribution in [2.75, 3.05) is 11.5 Å². The molecule has 0 radical (unpaired) electrons. The van der Waals surface area contributed by atoms with Gasteiger partial charge in [-0.1, -0.05) is 12.1 Å². The molecule has 0 spiro atoms. The number of benzene rings is 1. The van der Waals surface area contributed by atoms with Gasteiger partial charge in [0.2, 0.25) is 0 Å². The molecule has 1 fully saturated rings. The van der Waals surface area contributed by atoms with Crippen molar-refractivity contribution in [2.24, 2.45) is 0 Å². The van der Waals surface area contributed by atoms with Crippen LogP contribution >= 0.6 is 0 Å². The fraction of sp³-hybridized carbons (Fsp3) is 0.500. The van der Waals surface area contributed by atoms with Crippen LogP contribution in [0.2, 0.25) is 0 Å². The molecule has 1 aromatic rings. The Labute approximate surface area is 110 Å². The van der Waals surface area contributed by atoms with Gasteiger partial charge < -0.3 is 10.1 Å². The summed E-state index contributed by atoms with van der Waals surface area (Å²) in [5, 5.41) is 3.15. The summed E-state index contributed by atoms with van der Waals surface area (Å²) in [5.74, 6) is 0.507. The molecule has 7 heteroatoms. The van der Waals surface area contributed by atoms with E-state index in [4.69, 9.17) is 0 Å². The topological polar surface area (TPSA) is 55.4 Å². The quantitative estimate of drug-likeness (QED) is 0.894. The molecule has 106 valence electrons. The third kappa shape index (κ3) is 4.43. The molecule has 2 rings (SSSR count). The van der Waals surface area contributed by atoms with E-state index in [2.05, 4.69) is 10.1 Å². The van der Waals surface area contributed by atoms with Crippen molar-refractivity contribution in [3.05, 3.63) is 29.8 Å². The lowest BCUT2D eigenvalue weighted by Crippen LogP contribution is -2.29. The molecule has 1 aliphatic heterocycles. The number of hydrogen-bond acceptors (Lipinski definition) is 4. The first-order valence-corrected chi connectivity index (χ1v) is 7.74. The third-order valence-electron chi connectivity index (χ3n) is 2.98. The van der Waals surface area contributed by atoms with Crippen molar-refractivity contribution >= 4 is 9.84 Å². The van der Waals surface area contributed by atoms with Gasteiger partial charge in [0.05, 0.1) is 11.5 Å². The van der Waals surface area contributed by atoms with Crippen LogP contribution in [0.15, 0.2) is 24.3 Å². The van der Waals surface area contributed by atoms with Crippen molar-refractivity contribution in [3.63, 3.8) is 0 Å². The van der Waals surface area contributed by atoms with E-state index in [1.807, 2.05) is 0 Å². The fourth-order valence-corrected chi connectivity index (χ4v) is 3.71. The van der Waals surface area contributed by atoms with Gasteiger partial charge in [-0.3, -0.25) is 0 Å². The number of sulfone groups is 1. The Morgan fingerprint density at radius 1 is 1.32 bits per heavy atom. The number of hydrogen-bond donors (Lipinski definition) is 1. The number of nitrogens with one attached hydrogen (secondary N) is 1. The van der Waals surface area contributed by atoms with Crippen LogP contribution in [0, 0.1) is 0 Å². The van der Waals surface area contributed by atoms with E-state index in [0.717, 1.165) is 5.56 Å². The van der Waals surface area contributed by atoms with Crippen molar-refractivity contribution in [1.82, 2.24) is 5.32 Å².